The van der Waals surface area contributed by atoms with E-state index in [-0.39, 0.29) is 0 Å². The minimum atomic E-state index is 0.421. The lowest BCUT2D eigenvalue weighted by Crippen LogP contribution is -2.07. The Balaban J connectivity index is 2.14. The maximum Gasteiger partial charge on any atom is 0.243 e. The molecule has 0 saturated carbocycles. The monoisotopic (exact) mass is 309 g/mol. The molecule has 0 amide bonds. The topological polar surface area (TPSA) is 68.8 Å². The molecule has 1 aromatic carbocycles. The third kappa shape index (κ3) is 3.01. The summed E-state index contributed by atoms with van der Waals surface area (Å²) in [5, 5.41) is 7.45. The van der Waals surface area contributed by atoms with Gasteiger partial charge >= 0.3 is 0 Å². The third-order valence-corrected chi connectivity index (χ3v) is 3.29. The molecule has 2 rings (SSSR count). The molecule has 1 aromatic heterocycles. The van der Waals surface area contributed by atoms with Gasteiger partial charge in [-0.15, -0.1) is 5.10 Å². The van der Waals surface area contributed by atoms with Gasteiger partial charge in [-0.3, -0.25) is 0 Å². The smallest absolute Gasteiger partial charge is 0.243 e. The first-order chi connectivity index (χ1) is 8.70. The van der Waals surface area contributed by atoms with Gasteiger partial charge in [0.05, 0.1) is 6.54 Å². The van der Waals surface area contributed by atoms with Crippen molar-refractivity contribution in [2.75, 3.05) is 17.6 Å². The maximum atomic E-state index is 5.85. The van der Waals surface area contributed by atoms with E-state index in [9.17, 15) is 0 Å². The summed E-state index contributed by atoms with van der Waals surface area (Å²) in [6, 6.07) is 8.00. The number of nitrogens with zero attached hydrogens (tertiary/aromatic N) is 3. The number of hydrogen-bond donors (Lipinski definition) is 2. The summed E-state index contributed by atoms with van der Waals surface area (Å²) >= 11 is 3.51. The average molecular weight is 310 g/mol. The van der Waals surface area contributed by atoms with Crippen LogP contribution < -0.4 is 11.1 Å². The minimum Gasteiger partial charge on any atom is -0.368 e. The van der Waals surface area contributed by atoms with Crippen LogP contribution in [0, 0.1) is 0 Å². The Hall–Kier alpha value is -1.56. The average Bonchev–Trinajstić information content (AvgIpc) is 2.70. The van der Waals surface area contributed by atoms with Gasteiger partial charge in [0.25, 0.3) is 0 Å². The summed E-state index contributed by atoms with van der Waals surface area (Å²) in [4.78, 5) is 4.18. The molecule has 18 heavy (non-hydrogen) atoms. The summed E-state index contributed by atoms with van der Waals surface area (Å²) in [5.41, 5.74) is 6.97. The van der Waals surface area contributed by atoms with Gasteiger partial charge in [-0.25, -0.2) is 4.68 Å². The van der Waals surface area contributed by atoms with E-state index >= 15 is 0 Å². The van der Waals surface area contributed by atoms with Crippen LogP contribution in [0.4, 0.5) is 11.9 Å². The highest BCUT2D eigenvalue weighted by Gasteiger charge is 2.08. The van der Waals surface area contributed by atoms with Gasteiger partial charge in [0, 0.05) is 11.0 Å². The SMILES string of the molecule is CCCNc1nc(N)n(Cc2ccccc2Br)n1. The van der Waals surface area contributed by atoms with E-state index in [1.165, 1.54) is 0 Å². The third-order valence-electron chi connectivity index (χ3n) is 2.51. The Morgan fingerprint density at radius 3 is 2.89 bits per heavy atom. The van der Waals surface area contributed by atoms with Crippen LogP contribution in [-0.2, 0) is 6.54 Å². The molecule has 0 fully saturated rings. The van der Waals surface area contributed by atoms with E-state index in [2.05, 4.69) is 38.3 Å². The molecule has 0 aliphatic heterocycles. The van der Waals surface area contributed by atoms with E-state index in [0.717, 1.165) is 23.0 Å². The summed E-state index contributed by atoms with van der Waals surface area (Å²) in [6.07, 6.45) is 1.03. The van der Waals surface area contributed by atoms with Crippen LogP contribution in [0.25, 0.3) is 0 Å². The van der Waals surface area contributed by atoms with Crippen LogP contribution in [0.3, 0.4) is 0 Å². The Morgan fingerprint density at radius 1 is 1.39 bits per heavy atom. The Morgan fingerprint density at radius 2 is 2.17 bits per heavy atom. The molecule has 0 aliphatic carbocycles. The Labute approximate surface area is 115 Å². The van der Waals surface area contributed by atoms with Gasteiger partial charge in [-0.2, -0.15) is 4.98 Å². The first kappa shape index (κ1) is 12.9. The molecule has 96 valence electrons. The fraction of sp³-hybridized carbons (Fsp3) is 0.333. The fourth-order valence-electron chi connectivity index (χ4n) is 1.57. The number of nitrogen functional groups attached to an aromatic ring is 1. The highest BCUT2D eigenvalue weighted by atomic mass is 79.9. The Bertz CT molecular complexity index is 523. The number of anilines is 2. The quantitative estimate of drug-likeness (QED) is 0.890. The minimum absolute atomic E-state index is 0.421. The van der Waals surface area contributed by atoms with Gasteiger partial charge in [0.1, 0.15) is 0 Å². The molecule has 0 radical (unpaired) electrons. The summed E-state index contributed by atoms with van der Waals surface area (Å²) < 4.78 is 2.74. The molecule has 2 aromatic rings. The van der Waals surface area contributed by atoms with Crippen molar-refractivity contribution in [3.05, 3.63) is 34.3 Å². The van der Waals surface area contributed by atoms with Crippen molar-refractivity contribution in [3.8, 4) is 0 Å². The predicted molar refractivity (Wildman–Crippen MR) is 76.5 cm³/mol. The molecule has 0 unspecified atom stereocenters. The zero-order valence-electron chi connectivity index (χ0n) is 10.2. The molecule has 0 saturated heterocycles. The fourth-order valence-corrected chi connectivity index (χ4v) is 1.98. The van der Waals surface area contributed by atoms with Crippen LogP contribution in [0.15, 0.2) is 28.7 Å². The van der Waals surface area contributed by atoms with Crippen LogP contribution in [0.2, 0.25) is 0 Å². The van der Waals surface area contributed by atoms with Gasteiger partial charge in [0.15, 0.2) is 0 Å². The second-order valence-electron chi connectivity index (χ2n) is 3.97. The molecule has 0 spiro atoms. The van der Waals surface area contributed by atoms with Gasteiger partial charge in [-0.1, -0.05) is 41.1 Å². The van der Waals surface area contributed by atoms with E-state index in [1.54, 1.807) is 4.68 Å². The second-order valence-corrected chi connectivity index (χ2v) is 4.82. The summed E-state index contributed by atoms with van der Waals surface area (Å²) in [7, 11) is 0. The summed E-state index contributed by atoms with van der Waals surface area (Å²) in [5.74, 6) is 1.01. The van der Waals surface area contributed by atoms with Crippen molar-refractivity contribution in [3.63, 3.8) is 0 Å². The number of hydrogen-bond acceptors (Lipinski definition) is 4. The van der Waals surface area contributed by atoms with Crippen molar-refractivity contribution >= 4 is 27.8 Å². The van der Waals surface area contributed by atoms with Crippen LogP contribution in [-0.4, -0.2) is 21.3 Å². The van der Waals surface area contributed by atoms with E-state index in [0.29, 0.717) is 18.4 Å². The normalized spacial score (nSPS) is 10.6. The van der Waals surface area contributed by atoms with E-state index in [1.807, 2.05) is 24.3 Å². The number of rotatable bonds is 5. The number of aromatic nitrogens is 3. The van der Waals surface area contributed by atoms with Crippen molar-refractivity contribution in [2.45, 2.75) is 19.9 Å². The number of nitrogens with two attached hydrogens (primary N) is 1. The molecular weight excluding hydrogens is 294 g/mol. The lowest BCUT2D eigenvalue weighted by atomic mass is 10.2. The molecule has 0 aliphatic rings. The van der Waals surface area contributed by atoms with Gasteiger partial charge in [0.2, 0.25) is 11.9 Å². The van der Waals surface area contributed by atoms with Gasteiger partial charge in [-0.05, 0) is 18.1 Å². The Kier molecular flexibility index (Phi) is 4.19. The maximum absolute atomic E-state index is 5.85. The zero-order valence-corrected chi connectivity index (χ0v) is 11.8. The molecule has 6 heteroatoms. The highest BCUT2D eigenvalue weighted by molar-refractivity contribution is 9.10. The second kappa shape index (κ2) is 5.86. The summed E-state index contributed by atoms with van der Waals surface area (Å²) in [6.45, 7) is 3.54. The largest absolute Gasteiger partial charge is 0.368 e. The van der Waals surface area contributed by atoms with Crippen LogP contribution >= 0.6 is 15.9 Å². The van der Waals surface area contributed by atoms with Crippen molar-refractivity contribution < 1.29 is 0 Å². The lowest BCUT2D eigenvalue weighted by molar-refractivity contribution is 0.695. The number of benzene rings is 1. The van der Waals surface area contributed by atoms with Crippen molar-refractivity contribution in [1.29, 1.82) is 0 Å². The highest BCUT2D eigenvalue weighted by Crippen LogP contribution is 2.18. The lowest BCUT2D eigenvalue weighted by Gasteiger charge is -2.04. The molecule has 3 N–H and O–H groups in total. The molecular formula is C12H16BrN5. The number of halogens is 1. The number of nitrogens with one attached hydrogen (secondary N) is 1. The molecule has 0 bridgehead atoms. The van der Waals surface area contributed by atoms with Gasteiger partial charge < -0.3 is 11.1 Å². The standard InChI is InChI=1S/C12H16BrN5/c1-2-7-15-12-16-11(14)18(17-12)8-9-5-3-4-6-10(9)13/h3-6H,2,7-8H2,1H3,(H3,14,15,16,17). The molecule has 1 heterocycles. The van der Waals surface area contributed by atoms with E-state index < -0.39 is 0 Å². The zero-order chi connectivity index (χ0) is 13.0. The predicted octanol–water partition coefficient (Wildman–Crippen LogP) is 2.49. The van der Waals surface area contributed by atoms with Crippen molar-refractivity contribution in [1.82, 2.24) is 14.8 Å². The van der Waals surface area contributed by atoms with Crippen LogP contribution in [0.5, 0.6) is 0 Å². The molecule has 0 atom stereocenters. The van der Waals surface area contributed by atoms with E-state index in [4.69, 9.17) is 5.73 Å². The van der Waals surface area contributed by atoms with Crippen LogP contribution in [0.1, 0.15) is 18.9 Å². The first-order valence-electron chi connectivity index (χ1n) is 5.88. The van der Waals surface area contributed by atoms with Crippen molar-refractivity contribution in [2.24, 2.45) is 0 Å². The first-order valence-corrected chi connectivity index (χ1v) is 6.67. The molecule has 5 nitrogen and oxygen atoms in total.